The molecule has 2 amide bonds. The van der Waals surface area contributed by atoms with Gasteiger partial charge in [0, 0.05) is 17.2 Å². The lowest BCUT2D eigenvalue weighted by Crippen LogP contribution is -2.42. The van der Waals surface area contributed by atoms with Crippen molar-refractivity contribution >= 4 is 23.5 Å². The van der Waals surface area contributed by atoms with Gasteiger partial charge in [-0.1, -0.05) is 33.8 Å². The number of rotatable bonds is 7. The van der Waals surface area contributed by atoms with Gasteiger partial charge in [0.2, 0.25) is 5.91 Å². The molecule has 0 saturated heterocycles. The summed E-state index contributed by atoms with van der Waals surface area (Å²) in [5.41, 5.74) is 0.911. The first kappa shape index (κ1) is 19.7. The largest absolute Gasteiger partial charge is 0.467 e. The Morgan fingerprint density at radius 2 is 1.79 bits per heavy atom. The van der Waals surface area contributed by atoms with Crippen LogP contribution in [0.3, 0.4) is 0 Å². The number of ether oxygens (including phenoxy) is 1. The van der Waals surface area contributed by atoms with Gasteiger partial charge in [-0.15, -0.1) is 0 Å². The first-order chi connectivity index (χ1) is 11.2. The van der Waals surface area contributed by atoms with Crippen LogP contribution >= 0.6 is 0 Å². The van der Waals surface area contributed by atoms with E-state index in [0.717, 1.165) is 0 Å². The molecule has 0 radical (unpaired) electrons. The second-order valence-electron chi connectivity index (χ2n) is 6.40. The lowest BCUT2D eigenvalue weighted by Gasteiger charge is -2.18. The fraction of sp³-hybridized carbons (Fsp3) is 0.500. The second-order valence-corrected chi connectivity index (χ2v) is 6.40. The molecule has 0 saturated carbocycles. The Morgan fingerprint density at radius 1 is 1.12 bits per heavy atom. The van der Waals surface area contributed by atoms with Crippen LogP contribution in [0.25, 0.3) is 0 Å². The molecule has 1 aromatic rings. The van der Waals surface area contributed by atoms with Crippen molar-refractivity contribution in [1.82, 2.24) is 5.32 Å². The second kappa shape index (κ2) is 9.05. The molecular weight excluding hydrogens is 308 g/mol. The molecular formula is C18H26N2O4. The van der Waals surface area contributed by atoms with E-state index >= 15 is 0 Å². The van der Waals surface area contributed by atoms with Crippen molar-refractivity contribution in [3.63, 3.8) is 0 Å². The average Bonchev–Trinajstić information content (AvgIpc) is 2.53. The van der Waals surface area contributed by atoms with E-state index in [0.29, 0.717) is 17.7 Å². The van der Waals surface area contributed by atoms with Crippen LogP contribution < -0.4 is 10.6 Å². The molecule has 2 N–H and O–H groups in total. The van der Waals surface area contributed by atoms with Gasteiger partial charge in [0.15, 0.2) is 0 Å². The zero-order chi connectivity index (χ0) is 18.3. The van der Waals surface area contributed by atoms with E-state index in [-0.39, 0.29) is 23.7 Å². The third-order valence-electron chi connectivity index (χ3n) is 3.41. The number of hydrogen-bond acceptors (Lipinski definition) is 4. The Balaban J connectivity index is 2.86. The van der Waals surface area contributed by atoms with Crippen molar-refractivity contribution in [2.75, 3.05) is 12.4 Å². The summed E-state index contributed by atoms with van der Waals surface area (Å²) in [7, 11) is 1.30. The fourth-order valence-electron chi connectivity index (χ4n) is 2.09. The fourth-order valence-corrected chi connectivity index (χ4v) is 2.09. The normalized spacial score (nSPS) is 12.0. The van der Waals surface area contributed by atoms with E-state index in [9.17, 15) is 14.4 Å². The number of nitrogens with one attached hydrogen (secondary N) is 2. The minimum atomic E-state index is -0.698. The molecule has 0 aliphatic heterocycles. The van der Waals surface area contributed by atoms with Gasteiger partial charge in [-0.3, -0.25) is 9.59 Å². The maximum Gasteiger partial charge on any atom is 0.328 e. The zero-order valence-electron chi connectivity index (χ0n) is 14.9. The highest BCUT2D eigenvalue weighted by atomic mass is 16.5. The number of esters is 1. The predicted molar refractivity (Wildman–Crippen MR) is 92.6 cm³/mol. The number of hydrogen-bond donors (Lipinski definition) is 2. The molecule has 24 heavy (non-hydrogen) atoms. The van der Waals surface area contributed by atoms with Crippen LogP contribution in [0.15, 0.2) is 24.3 Å². The van der Waals surface area contributed by atoms with E-state index < -0.39 is 12.0 Å². The van der Waals surface area contributed by atoms with Gasteiger partial charge in [0.25, 0.3) is 5.91 Å². The number of carbonyl (C=O) groups is 3. The van der Waals surface area contributed by atoms with Crippen molar-refractivity contribution in [3.05, 3.63) is 29.8 Å². The molecule has 0 aliphatic carbocycles. The minimum Gasteiger partial charge on any atom is -0.467 e. The molecule has 0 fully saturated rings. The molecule has 0 aromatic heterocycles. The summed E-state index contributed by atoms with van der Waals surface area (Å²) < 4.78 is 4.74. The summed E-state index contributed by atoms with van der Waals surface area (Å²) in [6, 6.07) is 5.91. The lowest BCUT2D eigenvalue weighted by atomic mass is 10.0. The van der Waals surface area contributed by atoms with Gasteiger partial charge in [-0.25, -0.2) is 4.79 Å². The Hall–Kier alpha value is -2.37. The molecule has 0 heterocycles. The SMILES string of the molecule is COC(=O)[C@H](CC(C)C)NC(=O)c1cccc(NC(=O)C(C)C)c1. The van der Waals surface area contributed by atoms with Crippen LogP contribution in [0, 0.1) is 11.8 Å². The number of benzene rings is 1. The summed E-state index contributed by atoms with van der Waals surface area (Å²) in [5, 5.41) is 5.44. The summed E-state index contributed by atoms with van der Waals surface area (Å²) in [5.74, 6) is -0.906. The molecule has 1 rings (SSSR count). The molecule has 6 nitrogen and oxygen atoms in total. The smallest absolute Gasteiger partial charge is 0.328 e. The van der Waals surface area contributed by atoms with Crippen LogP contribution in [0.1, 0.15) is 44.5 Å². The summed E-state index contributed by atoms with van der Waals surface area (Å²) in [4.78, 5) is 36.0. The van der Waals surface area contributed by atoms with Crippen LogP contribution in [-0.4, -0.2) is 30.9 Å². The Bertz CT molecular complexity index is 596. The van der Waals surface area contributed by atoms with E-state index in [1.54, 1.807) is 38.1 Å². The summed E-state index contributed by atoms with van der Waals surface area (Å²) in [6.45, 7) is 7.51. The Kier molecular flexibility index (Phi) is 7.42. The van der Waals surface area contributed by atoms with Crippen LogP contribution in [0.4, 0.5) is 5.69 Å². The van der Waals surface area contributed by atoms with Gasteiger partial charge in [0.1, 0.15) is 6.04 Å². The van der Waals surface area contributed by atoms with Crippen LogP contribution in [-0.2, 0) is 14.3 Å². The average molecular weight is 334 g/mol. The molecule has 132 valence electrons. The number of carbonyl (C=O) groups excluding carboxylic acids is 3. The monoisotopic (exact) mass is 334 g/mol. The van der Waals surface area contributed by atoms with E-state index in [1.807, 2.05) is 13.8 Å². The molecule has 0 unspecified atom stereocenters. The highest BCUT2D eigenvalue weighted by molar-refractivity contribution is 5.99. The predicted octanol–water partition coefficient (Wildman–Crippen LogP) is 2.60. The molecule has 1 atom stereocenters. The van der Waals surface area contributed by atoms with E-state index in [2.05, 4.69) is 10.6 Å². The van der Waals surface area contributed by atoms with Gasteiger partial charge >= 0.3 is 5.97 Å². The molecule has 0 aliphatic rings. The maximum absolute atomic E-state index is 12.4. The highest BCUT2D eigenvalue weighted by Gasteiger charge is 2.23. The first-order valence-electron chi connectivity index (χ1n) is 8.04. The standard InChI is InChI=1S/C18H26N2O4/c1-11(2)9-15(18(23)24-5)20-17(22)13-7-6-8-14(10-13)19-16(21)12(3)4/h6-8,10-12,15H,9H2,1-5H3,(H,19,21)(H,20,22)/t15-/m0/s1. The van der Waals surface area contributed by atoms with Gasteiger partial charge in [0.05, 0.1) is 7.11 Å². The molecule has 6 heteroatoms. The topological polar surface area (TPSA) is 84.5 Å². The van der Waals surface area contributed by atoms with E-state index in [1.165, 1.54) is 7.11 Å². The summed E-state index contributed by atoms with van der Waals surface area (Å²) in [6.07, 6.45) is 0.488. The van der Waals surface area contributed by atoms with Crippen molar-refractivity contribution in [1.29, 1.82) is 0 Å². The van der Waals surface area contributed by atoms with Crippen molar-refractivity contribution in [3.8, 4) is 0 Å². The zero-order valence-corrected chi connectivity index (χ0v) is 14.9. The van der Waals surface area contributed by atoms with E-state index in [4.69, 9.17) is 4.74 Å². The quantitative estimate of drug-likeness (QED) is 0.751. The molecule has 1 aromatic carbocycles. The third kappa shape index (κ3) is 6.02. The van der Waals surface area contributed by atoms with Crippen LogP contribution in [0.2, 0.25) is 0 Å². The highest BCUT2D eigenvalue weighted by Crippen LogP contribution is 2.13. The number of methoxy groups -OCH3 is 1. The van der Waals surface area contributed by atoms with Gasteiger partial charge < -0.3 is 15.4 Å². The first-order valence-corrected chi connectivity index (χ1v) is 8.04. The molecule has 0 bridgehead atoms. The van der Waals surface area contributed by atoms with Crippen molar-refractivity contribution < 1.29 is 19.1 Å². The van der Waals surface area contributed by atoms with Crippen molar-refractivity contribution in [2.24, 2.45) is 11.8 Å². The van der Waals surface area contributed by atoms with Gasteiger partial charge in [-0.05, 0) is 30.5 Å². The summed E-state index contributed by atoms with van der Waals surface area (Å²) >= 11 is 0. The maximum atomic E-state index is 12.4. The van der Waals surface area contributed by atoms with Gasteiger partial charge in [-0.2, -0.15) is 0 Å². The third-order valence-corrected chi connectivity index (χ3v) is 3.41. The van der Waals surface area contributed by atoms with Crippen molar-refractivity contribution in [2.45, 2.75) is 40.2 Å². The number of amides is 2. The van der Waals surface area contributed by atoms with Crippen LogP contribution in [0.5, 0.6) is 0 Å². The Morgan fingerprint density at radius 3 is 2.33 bits per heavy atom. The minimum absolute atomic E-state index is 0.125. The number of anilines is 1. The lowest BCUT2D eigenvalue weighted by molar-refractivity contribution is -0.143. The Labute approximate surface area is 143 Å². The molecule has 0 spiro atoms.